The molecule has 1 aliphatic carbocycles. The lowest BCUT2D eigenvalue weighted by molar-refractivity contribution is 0.0912. The topological polar surface area (TPSA) is 83.2 Å². The smallest absolute Gasteiger partial charge is 0.271 e. The number of nitrogens with one attached hydrogen (secondary N) is 3. The highest BCUT2D eigenvalue weighted by atomic mass is 16.5. The van der Waals surface area contributed by atoms with E-state index >= 15 is 0 Å². The van der Waals surface area contributed by atoms with Gasteiger partial charge in [-0.2, -0.15) is 0 Å². The van der Waals surface area contributed by atoms with Crippen molar-refractivity contribution in [1.82, 2.24) is 15.6 Å². The van der Waals surface area contributed by atoms with E-state index in [4.69, 9.17) is 4.74 Å². The van der Waals surface area contributed by atoms with Crippen molar-refractivity contribution in [2.75, 3.05) is 7.05 Å². The quantitative estimate of drug-likeness (QED) is 0.755. The molecule has 1 aromatic heterocycles. The highest BCUT2D eigenvalue weighted by Gasteiger charge is 2.24. The molecule has 2 aromatic rings. The number of aromatic nitrogens is 1. The van der Waals surface area contributed by atoms with Gasteiger partial charge in [0.2, 0.25) is 0 Å². The fourth-order valence-electron chi connectivity index (χ4n) is 2.74. The molecule has 0 bridgehead atoms. The summed E-state index contributed by atoms with van der Waals surface area (Å²) in [6.07, 6.45) is 2.90. The van der Waals surface area contributed by atoms with Crippen LogP contribution in [0.3, 0.4) is 0 Å². The van der Waals surface area contributed by atoms with Crippen molar-refractivity contribution in [3.8, 4) is 5.75 Å². The van der Waals surface area contributed by atoms with Crippen molar-refractivity contribution in [1.29, 1.82) is 0 Å². The van der Waals surface area contributed by atoms with Crippen LogP contribution in [0, 0.1) is 0 Å². The van der Waals surface area contributed by atoms with E-state index in [0.717, 1.165) is 24.8 Å². The van der Waals surface area contributed by atoms with Crippen molar-refractivity contribution in [2.24, 2.45) is 0 Å². The van der Waals surface area contributed by atoms with Gasteiger partial charge in [0.15, 0.2) is 5.75 Å². The third-order valence-electron chi connectivity index (χ3n) is 4.49. The Kier molecular flexibility index (Phi) is 5.07. The summed E-state index contributed by atoms with van der Waals surface area (Å²) < 4.78 is 5.96. The third kappa shape index (κ3) is 3.84. The molecule has 1 unspecified atom stereocenters. The van der Waals surface area contributed by atoms with Crippen molar-refractivity contribution >= 4 is 11.8 Å². The summed E-state index contributed by atoms with van der Waals surface area (Å²) in [4.78, 5) is 27.4. The number of H-pyrrole nitrogens is 1. The molecule has 1 heterocycles. The lowest BCUT2D eigenvalue weighted by Gasteiger charge is -2.25. The fourth-order valence-corrected chi connectivity index (χ4v) is 2.74. The number of benzene rings is 1. The van der Waals surface area contributed by atoms with Gasteiger partial charge in [-0.3, -0.25) is 9.59 Å². The number of rotatable bonds is 6. The minimum atomic E-state index is -0.321. The van der Waals surface area contributed by atoms with Crippen LogP contribution in [0.2, 0.25) is 0 Å². The van der Waals surface area contributed by atoms with Gasteiger partial charge in [-0.1, -0.05) is 30.3 Å². The molecule has 132 valence electrons. The van der Waals surface area contributed by atoms with E-state index in [-0.39, 0.29) is 29.7 Å². The summed E-state index contributed by atoms with van der Waals surface area (Å²) in [5.41, 5.74) is 1.58. The zero-order valence-electron chi connectivity index (χ0n) is 14.5. The highest BCUT2D eigenvalue weighted by Crippen LogP contribution is 2.27. The van der Waals surface area contributed by atoms with Gasteiger partial charge < -0.3 is 20.4 Å². The summed E-state index contributed by atoms with van der Waals surface area (Å²) in [7, 11) is 1.54. The van der Waals surface area contributed by atoms with Crippen LogP contribution in [0.5, 0.6) is 5.75 Å². The molecule has 0 saturated heterocycles. The molecule has 1 aliphatic rings. The van der Waals surface area contributed by atoms with Crippen LogP contribution in [0.15, 0.2) is 36.4 Å². The molecule has 3 N–H and O–H groups in total. The summed E-state index contributed by atoms with van der Waals surface area (Å²) in [6.45, 7) is 1.91. The van der Waals surface area contributed by atoms with Gasteiger partial charge in [0, 0.05) is 19.2 Å². The lowest BCUT2D eigenvalue weighted by atomic mass is 9.93. The van der Waals surface area contributed by atoms with Gasteiger partial charge in [0.05, 0.1) is 0 Å². The molecule has 25 heavy (non-hydrogen) atoms. The summed E-state index contributed by atoms with van der Waals surface area (Å²) in [5.74, 6) is -0.163. The number of carbonyl (C=O) groups excluding carboxylic acids is 2. The van der Waals surface area contributed by atoms with Crippen molar-refractivity contribution in [3.63, 3.8) is 0 Å². The van der Waals surface area contributed by atoms with E-state index in [9.17, 15) is 9.59 Å². The van der Waals surface area contributed by atoms with Gasteiger partial charge >= 0.3 is 0 Å². The van der Waals surface area contributed by atoms with Crippen LogP contribution >= 0.6 is 0 Å². The van der Waals surface area contributed by atoms with Gasteiger partial charge in [0.25, 0.3) is 11.8 Å². The van der Waals surface area contributed by atoms with Gasteiger partial charge in [0.1, 0.15) is 17.5 Å². The number of ether oxygens (including phenoxy) is 1. The first kappa shape index (κ1) is 17.1. The average Bonchev–Trinajstić information content (AvgIpc) is 3.02. The molecule has 2 amide bonds. The molecule has 1 fully saturated rings. The SMILES string of the molecule is CNC(=O)c1[nH]c(C(=O)NC2CCC2)cc1OC(C)c1ccccc1. The summed E-state index contributed by atoms with van der Waals surface area (Å²) in [5, 5.41) is 5.53. The minimum absolute atomic E-state index is 0.211. The molecule has 0 spiro atoms. The van der Waals surface area contributed by atoms with Gasteiger partial charge in [-0.15, -0.1) is 0 Å². The first-order chi connectivity index (χ1) is 12.1. The Morgan fingerprint density at radius 3 is 2.52 bits per heavy atom. The molecule has 6 nitrogen and oxygen atoms in total. The second kappa shape index (κ2) is 7.42. The maximum Gasteiger partial charge on any atom is 0.271 e. The van der Waals surface area contributed by atoms with Crippen molar-refractivity contribution in [2.45, 2.75) is 38.3 Å². The van der Waals surface area contributed by atoms with Crippen LogP contribution in [-0.2, 0) is 0 Å². The lowest BCUT2D eigenvalue weighted by Crippen LogP contribution is -2.39. The Hall–Kier alpha value is -2.76. The van der Waals surface area contributed by atoms with Crippen LogP contribution in [0.4, 0.5) is 0 Å². The van der Waals surface area contributed by atoms with Crippen molar-refractivity contribution in [3.05, 3.63) is 53.3 Å². The Morgan fingerprint density at radius 2 is 1.92 bits per heavy atom. The molecule has 3 rings (SSSR count). The second-order valence-electron chi connectivity index (χ2n) is 6.27. The Bertz CT molecular complexity index is 751. The van der Waals surface area contributed by atoms with Crippen LogP contribution in [-0.4, -0.2) is 29.9 Å². The van der Waals surface area contributed by atoms with Crippen LogP contribution < -0.4 is 15.4 Å². The largest absolute Gasteiger partial charge is 0.484 e. The number of aromatic amines is 1. The predicted octanol–water partition coefficient (Wildman–Crippen LogP) is 2.80. The van der Waals surface area contributed by atoms with Crippen molar-refractivity contribution < 1.29 is 14.3 Å². The number of hydrogen-bond donors (Lipinski definition) is 3. The van der Waals surface area contributed by atoms with E-state index in [0.29, 0.717) is 11.4 Å². The average molecular weight is 341 g/mol. The second-order valence-corrected chi connectivity index (χ2v) is 6.27. The predicted molar refractivity (Wildman–Crippen MR) is 94.8 cm³/mol. The van der Waals surface area contributed by atoms with E-state index in [1.165, 1.54) is 0 Å². The fraction of sp³-hybridized carbons (Fsp3) is 0.368. The van der Waals surface area contributed by atoms with E-state index in [2.05, 4.69) is 15.6 Å². The maximum atomic E-state index is 12.4. The minimum Gasteiger partial charge on any atom is -0.484 e. The first-order valence-electron chi connectivity index (χ1n) is 8.56. The Labute approximate surface area is 147 Å². The Morgan fingerprint density at radius 1 is 1.20 bits per heavy atom. The Balaban J connectivity index is 1.80. The zero-order chi connectivity index (χ0) is 17.8. The normalized spacial score (nSPS) is 15.1. The van der Waals surface area contributed by atoms with E-state index < -0.39 is 0 Å². The number of hydrogen-bond acceptors (Lipinski definition) is 3. The van der Waals surface area contributed by atoms with E-state index in [1.54, 1.807) is 13.1 Å². The maximum absolute atomic E-state index is 12.4. The molecule has 6 heteroatoms. The number of carbonyl (C=O) groups is 2. The van der Waals surface area contributed by atoms with Gasteiger partial charge in [-0.05, 0) is 31.7 Å². The number of amides is 2. The molecular formula is C19H23N3O3. The molecule has 1 aromatic carbocycles. The third-order valence-corrected chi connectivity index (χ3v) is 4.49. The molecular weight excluding hydrogens is 318 g/mol. The van der Waals surface area contributed by atoms with E-state index in [1.807, 2.05) is 37.3 Å². The van der Waals surface area contributed by atoms with Crippen LogP contribution in [0.1, 0.15) is 58.8 Å². The molecule has 0 radical (unpaired) electrons. The highest BCUT2D eigenvalue weighted by molar-refractivity contribution is 5.99. The van der Waals surface area contributed by atoms with Crippen LogP contribution in [0.25, 0.3) is 0 Å². The molecule has 1 saturated carbocycles. The standard InChI is InChI=1S/C19H23N3O3/c1-12(13-7-4-3-5-8-13)25-16-11-15(22-17(16)19(24)20-2)18(23)21-14-9-6-10-14/h3-5,7-8,11-12,14,22H,6,9-10H2,1-2H3,(H,20,24)(H,21,23). The first-order valence-corrected chi connectivity index (χ1v) is 8.56. The van der Waals surface area contributed by atoms with Gasteiger partial charge in [-0.25, -0.2) is 0 Å². The zero-order valence-corrected chi connectivity index (χ0v) is 14.5. The molecule has 1 atom stereocenters. The summed E-state index contributed by atoms with van der Waals surface area (Å²) >= 11 is 0. The summed E-state index contributed by atoms with van der Waals surface area (Å²) in [6, 6.07) is 11.5. The molecule has 0 aliphatic heterocycles. The monoisotopic (exact) mass is 341 g/mol.